The molecule has 2 fully saturated rings. The van der Waals surface area contributed by atoms with Crippen LogP contribution < -0.4 is 0 Å². The summed E-state index contributed by atoms with van der Waals surface area (Å²) in [6.07, 6.45) is 8.30. The average Bonchev–Trinajstić information content (AvgIpc) is 2.31. The van der Waals surface area contributed by atoms with Gasteiger partial charge >= 0.3 is 0 Å². The van der Waals surface area contributed by atoms with Crippen LogP contribution in [0.4, 0.5) is 0 Å². The van der Waals surface area contributed by atoms with Gasteiger partial charge in [0.1, 0.15) is 0 Å². The van der Waals surface area contributed by atoms with Crippen molar-refractivity contribution in [3.05, 3.63) is 0 Å². The van der Waals surface area contributed by atoms with Crippen molar-refractivity contribution in [1.82, 2.24) is 9.80 Å². The number of likely N-dealkylation sites (tertiary alicyclic amines) is 2. The predicted octanol–water partition coefficient (Wildman–Crippen LogP) is 2.99. The van der Waals surface area contributed by atoms with Crippen LogP contribution in [0.25, 0.3) is 0 Å². The molecule has 0 N–H and O–H groups in total. The van der Waals surface area contributed by atoms with Gasteiger partial charge in [0.2, 0.25) is 0 Å². The standard InChI is InChI=1S/C13H25ClN2.ClH/c14-13(11-15-7-3-1-4-8-15)12-16-9-5-2-6-10-16;/h13H,1-12H2;1H. The highest BCUT2D eigenvalue weighted by Gasteiger charge is 2.18. The van der Waals surface area contributed by atoms with Crippen molar-refractivity contribution < 1.29 is 0 Å². The molecule has 0 bridgehead atoms. The molecule has 0 unspecified atom stereocenters. The molecule has 102 valence electrons. The Morgan fingerprint density at radius 1 is 0.706 bits per heavy atom. The van der Waals surface area contributed by atoms with Gasteiger partial charge in [0, 0.05) is 13.1 Å². The lowest BCUT2D eigenvalue weighted by molar-refractivity contribution is 0.191. The first kappa shape index (κ1) is 15.6. The second-order valence-corrected chi connectivity index (χ2v) is 5.94. The van der Waals surface area contributed by atoms with Gasteiger partial charge in [-0.2, -0.15) is 0 Å². The van der Waals surface area contributed by atoms with E-state index in [9.17, 15) is 0 Å². The zero-order valence-electron chi connectivity index (χ0n) is 10.7. The summed E-state index contributed by atoms with van der Waals surface area (Å²) in [4.78, 5) is 5.09. The molecule has 0 aromatic heterocycles. The second kappa shape index (κ2) is 8.58. The zero-order valence-corrected chi connectivity index (χ0v) is 12.3. The summed E-state index contributed by atoms with van der Waals surface area (Å²) in [7, 11) is 0. The first-order valence-corrected chi connectivity index (χ1v) is 7.37. The Labute approximate surface area is 117 Å². The molecule has 0 aromatic carbocycles. The third-order valence-electron chi connectivity index (χ3n) is 3.81. The van der Waals surface area contributed by atoms with Crippen molar-refractivity contribution >= 4 is 24.0 Å². The molecule has 0 aromatic rings. The van der Waals surface area contributed by atoms with E-state index < -0.39 is 0 Å². The summed E-state index contributed by atoms with van der Waals surface area (Å²) < 4.78 is 0. The van der Waals surface area contributed by atoms with Gasteiger partial charge in [-0.1, -0.05) is 12.8 Å². The number of piperidine rings is 2. The zero-order chi connectivity index (χ0) is 11.2. The van der Waals surface area contributed by atoms with E-state index in [-0.39, 0.29) is 12.4 Å². The van der Waals surface area contributed by atoms with Gasteiger partial charge in [-0.25, -0.2) is 0 Å². The number of hydrogen-bond donors (Lipinski definition) is 0. The Bertz CT molecular complexity index is 170. The summed E-state index contributed by atoms with van der Waals surface area (Å²) in [6, 6.07) is 0. The van der Waals surface area contributed by atoms with Crippen molar-refractivity contribution in [1.29, 1.82) is 0 Å². The maximum absolute atomic E-state index is 6.46. The topological polar surface area (TPSA) is 6.48 Å². The lowest BCUT2D eigenvalue weighted by atomic mass is 10.1. The Morgan fingerprint density at radius 2 is 1.06 bits per heavy atom. The molecule has 0 spiro atoms. The average molecular weight is 281 g/mol. The Balaban J connectivity index is 0.00000144. The van der Waals surface area contributed by atoms with Gasteiger partial charge in [-0.3, -0.25) is 0 Å². The maximum atomic E-state index is 6.46. The monoisotopic (exact) mass is 280 g/mol. The smallest absolute Gasteiger partial charge is 0.0590 e. The van der Waals surface area contributed by atoms with Crippen LogP contribution in [0, 0.1) is 0 Å². The highest BCUT2D eigenvalue weighted by Crippen LogP contribution is 2.14. The quantitative estimate of drug-likeness (QED) is 0.731. The van der Waals surface area contributed by atoms with E-state index in [2.05, 4.69) is 9.80 Å². The van der Waals surface area contributed by atoms with E-state index in [1.807, 2.05) is 0 Å². The van der Waals surface area contributed by atoms with Gasteiger partial charge in [-0.05, 0) is 51.9 Å². The van der Waals surface area contributed by atoms with E-state index in [0.29, 0.717) is 5.38 Å². The summed E-state index contributed by atoms with van der Waals surface area (Å²) in [5, 5.41) is 0.330. The number of hydrogen-bond acceptors (Lipinski definition) is 2. The molecule has 0 atom stereocenters. The molecule has 2 heterocycles. The largest absolute Gasteiger partial charge is 0.302 e. The predicted molar refractivity (Wildman–Crippen MR) is 77.5 cm³/mol. The summed E-state index contributed by atoms with van der Waals surface area (Å²) in [5.74, 6) is 0. The number of alkyl halides is 1. The van der Waals surface area contributed by atoms with E-state index in [1.54, 1.807) is 0 Å². The fourth-order valence-electron chi connectivity index (χ4n) is 2.90. The van der Waals surface area contributed by atoms with Crippen LogP contribution in [-0.2, 0) is 0 Å². The lowest BCUT2D eigenvalue weighted by Crippen LogP contribution is -2.41. The molecule has 2 aliphatic heterocycles. The van der Waals surface area contributed by atoms with E-state index in [0.717, 1.165) is 13.1 Å². The molecular weight excluding hydrogens is 255 g/mol. The molecular formula is C13H26Cl2N2. The third-order valence-corrected chi connectivity index (χ3v) is 4.09. The molecule has 2 saturated heterocycles. The Morgan fingerprint density at radius 3 is 1.41 bits per heavy atom. The van der Waals surface area contributed by atoms with E-state index in [1.165, 1.54) is 64.7 Å². The first-order valence-electron chi connectivity index (χ1n) is 6.93. The number of rotatable bonds is 4. The number of halogens is 2. The molecule has 0 aliphatic carbocycles. The van der Waals surface area contributed by atoms with Crippen LogP contribution >= 0.6 is 24.0 Å². The molecule has 2 rings (SSSR count). The van der Waals surface area contributed by atoms with Crippen molar-refractivity contribution in [3.63, 3.8) is 0 Å². The van der Waals surface area contributed by atoms with Crippen LogP contribution in [0.3, 0.4) is 0 Å². The van der Waals surface area contributed by atoms with Gasteiger partial charge in [0.25, 0.3) is 0 Å². The lowest BCUT2D eigenvalue weighted by Gasteiger charge is -2.32. The minimum absolute atomic E-state index is 0. The van der Waals surface area contributed by atoms with Crippen LogP contribution in [0.1, 0.15) is 38.5 Å². The normalized spacial score (nSPS) is 23.6. The number of nitrogens with zero attached hydrogens (tertiary/aromatic N) is 2. The van der Waals surface area contributed by atoms with E-state index >= 15 is 0 Å². The minimum Gasteiger partial charge on any atom is -0.302 e. The molecule has 0 amide bonds. The summed E-state index contributed by atoms with van der Waals surface area (Å²) >= 11 is 6.46. The third kappa shape index (κ3) is 5.78. The first-order chi connectivity index (χ1) is 7.84. The molecule has 0 saturated carbocycles. The Hall–Kier alpha value is 0.500. The van der Waals surface area contributed by atoms with Crippen molar-refractivity contribution in [2.45, 2.75) is 43.9 Å². The van der Waals surface area contributed by atoms with Crippen molar-refractivity contribution in [3.8, 4) is 0 Å². The Kier molecular flexibility index (Phi) is 7.85. The molecule has 17 heavy (non-hydrogen) atoms. The van der Waals surface area contributed by atoms with Crippen molar-refractivity contribution in [2.24, 2.45) is 0 Å². The van der Waals surface area contributed by atoms with Gasteiger partial charge in [0.05, 0.1) is 5.38 Å². The fraction of sp³-hybridized carbons (Fsp3) is 1.00. The minimum atomic E-state index is 0. The highest BCUT2D eigenvalue weighted by molar-refractivity contribution is 6.21. The summed E-state index contributed by atoms with van der Waals surface area (Å²) in [6.45, 7) is 7.26. The van der Waals surface area contributed by atoms with Crippen molar-refractivity contribution in [2.75, 3.05) is 39.3 Å². The maximum Gasteiger partial charge on any atom is 0.0590 e. The second-order valence-electron chi connectivity index (χ2n) is 5.32. The van der Waals surface area contributed by atoms with Crippen LogP contribution in [0.2, 0.25) is 0 Å². The van der Waals surface area contributed by atoms with Gasteiger partial charge in [-0.15, -0.1) is 24.0 Å². The highest BCUT2D eigenvalue weighted by atomic mass is 35.5. The van der Waals surface area contributed by atoms with E-state index in [4.69, 9.17) is 11.6 Å². The molecule has 2 aliphatic rings. The van der Waals surface area contributed by atoms with Crippen LogP contribution in [0.15, 0.2) is 0 Å². The SMILES string of the molecule is Cl.ClC(CN1CCCCC1)CN1CCCCC1. The molecule has 4 heteroatoms. The fourth-order valence-corrected chi connectivity index (χ4v) is 3.29. The molecule has 0 radical (unpaired) electrons. The van der Waals surface area contributed by atoms with Crippen LogP contribution in [0.5, 0.6) is 0 Å². The van der Waals surface area contributed by atoms with Gasteiger partial charge < -0.3 is 9.80 Å². The van der Waals surface area contributed by atoms with Gasteiger partial charge in [0.15, 0.2) is 0 Å². The van der Waals surface area contributed by atoms with Crippen LogP contribution in [-0.4, -0.2) is 54.4 Å². The summed E-state index contributed by atoms with van der Waals surface area (Å²) in [5.41, 5.74) is 0. The molecule has 2 nitrogen and oxygen atoms in total.